The molecule has 0 heterocycles. The van der Waals surface area contributed by atoms with Gasteiger partial charge in [0.05, 0.1) is 0 Å². The minimum absolute atomic E-state index is 0.651. The summed E-state index contributed by atoms with van der Waals surface area (Å²) in [5, 5.41) is 0. The van der Waals surface area contributed by atoms with E-state index in [4.69, 9.17) is 0 Å². The van der Waals surface area contributed by atoms with Crippen molar-refractivity contribution >= 4 is 0 Å². The van der Waals surface area contributed by atoms with Crippen molar-refractivity contribution in [1.82, 2.24) is 0 Å². The largest absolute Gasteiger partial charge is 0.0628 e. The Labute approximate surface area is 96.8 Å². The summed E-state index contributed by atoms with van der Waals surface area (Å²) < 4.78 is 0. The van der Waals surface area contributed by atoms with Crippen molar-refractivity contribution in [2.24, 2.45) is 17.3 Å². The van der Waals surface area contributed by atoms with Gasteiger partial charge in [0.15, 0.2) is 0 Å². The van der Waals surface area contributed by atoms with Gasteiger partial charge in [0.2, 0.25) is 0 Å². The molecule has 0 bridgehead atoms. The summed E-state index contributed by atoms with van der Waals surface area (Å²) >= 11 is 0. The first-order valence-corrected chi connectivity index (χ1v) is 7.02. The first kappa shape index (κ1) is 13.1. The van der Waals surface area contributed by atoms with Gasteiger partial charge in [-0.25, -0.2) is 0 Å². The van der Waals surface area contributed by atoms with E-state index < -0.39 is 0 Å². The van der Waals surface area contributed by atoms with Gasteiger partial charge in [-0.15, -0.1) is 0 Å². The van der Waals surface area contributed by atoms with Gasteiger partial charge in [0.25, 0.3) is 0 Å². The Balaban J connectivity index is 2.48. The van der Waals surface area contributed by atoms with Crippen molar-refractivity contribution in [3.05, 3.63) is 0 Å². The van der Waals surface area contributed by atoms with Crippen molar-refractivity contribution in [2.45, 2.75) is 79.1 Å². The fraction of sp³-hybridized carbons (Fsp3) is 1.00. The Morgan fingerprint density at radius 1 is 1.07 bits per heavy atom. The van der Waals surface area contributed by atoms with Crippen LogP contribution in [0.3, 0.4) is 0 Å². The summed E-state index contributed by atoms with van der Waals surface area (Å²) in [6, 6.07) is 0. The first-order chi connectivity index (χ1) is 7.02. The van der Waals surface area contributed by atoms with Crippen LogP contribution in [0.5, 0.6) is 0 Å². The number of hydrogen-bond acceptors (Lipinski definition) is 0. The highest BCUT2D eigenvalue weighted by molar-refractivity contribution is 4.77. The average molecular weight is 210 g/mol. The van der Waals surface area contributed by atoms with E-state index in [1.807, 2.05) is 0 Å². The Bertz CT molecular complexity index is 171. The SMILES string of the molecule is CC(C)CC1(C)CCCCC(C)CCC1. The normalized spacial score (nSPS) is 34.6. The van der Waals surface area contributed by atoms with Gasteiger partial charge in [0.1, 0.15) is 0 Å². The molecule has 0 aliphatic heterocycles. The summed E-state index contributed by atoms with van der Waals surface area (Å²) in [6.07, 6.45) is 11.7. The summed E-state index contributed by atoms with van der Waals surface area (Å²) in [7, 11) is 0. The summed E-state index contributed by atoms with van der Waals surface area (Å²) in [6.45, 7) is 9.72. The van der Waals surface area contributed by atoms with Crippen LogP contribution in [0.15, 0.2) is 0 Å². The van der Waals surface area contributed by atoms with Gasteiger partial charge in [-0.2, -0.15) is 0 Å². The molecule has 0 aromatic rings. The van der Waals surface area contributed by atoms with Gasteiger partial charge in [-0.05, 0) is 36.5 Å². The topological polar surface area (TPSA) is 0 Å². The monoisotopic (exact) mass is 210 g/mol. The van der Waals surface area contributed by atoms with Gasteiger partial charge in [-0.1, -0.05) is 59.8 Å². The highest BCUT2D eigenvalue weighted by Gasteiger charge is 2.25. The number of hydrogen-bond donors (Lipinski definition) is 0. The van der Waals surface area contributed by atoms with E-state index >= 15 is 0 Å². The predicted molar refractivity (Wildman–Crippen MR) is 69.0 cm³/mol. The summed E-state index contributed by atoms with van der Waals surface area (Å²) in [5.41, 5.74) is 0.651. The molecule has 1 saturated carbocycles. The van der Waals surface area contributed by atoms with Crippen LogP contribution in [0.2, 0.25) is 0 Å². The average Bonchev–Trinajstić information content (AvgIpc) is 2.17. The minimum Gasteiger partial charge on any atom is -0.0628 e. The molecule has 1 rings (SSSR count). The highest BCUT2D eigenvalue weighted by atomic mass is 14.3. The maximum atomic E-state index is 2.53. The lowest BCUT2D eigenvalue weighted by atomic mass is 9.75. The second kappa shape index (κ2) is 5.92. The molecule has 1 aliphatic rings. The molecule has 90 valence electrons. The smallest absolute Gasteiger partial charge is 0.0323 e. The molecule has 2 atom stereocenters. The molecule has 0 aromatic carbocycles. The molecule has 1 aliphatic carbocycles. The molecule has 0 amide bonds. The van der Waals surface area contributed by atoms with E-state index in [9.17, 15) is 0 Å². The maximum absolute atomic E-state index is 2.53. The Hall–Kier alpha value is 0. The molecule has 0 nitrogen and oxygen atoms in total. The van der Waals surface area contributed by atoms with Crippen molar-refractivity contribution in [3.63, 3.8) is 0 Å². The molecule has 2 unspecified atom stereocenters. The Morgan fingerprint density at radius 3 is 2.33 bits per heavy atom. The van der Waals surface area contributed by atoms with Crippen LogP contribution in [-0.4, -0.2) is 0 Å². The van der Waals surface area contributed by atoms with E-state index in [2.05, 4.69) is 27.7 Å². The van der Waals surface area contributed by atoms with Crippen LogP contribution < -0.4 is 0 Å². The first-order valence-electron chi connectivity index (χ1n) is 7.02. The molecule has 1 fully saturated rings. The molecule has 0 heteroatoms. The maximum Gasteiger partial charge on any atom is -0.0323 e. The zero-order chi connectivity index (χ0) is 11.3. The van der Waals surface area contributed by atoms with E-state index in [1.165, 1.54) is 51.4 Å². The van der Waals surface area contributed by atoms with Crippen molar-refractivity contribution in [3.8, 4) is 0 Å². The van der Waals surface area contributed by atoms with Crippen LogP contribution in [0.4, 0.5) is 0 Å². The molecule has 0 spiro atoms. The standard InChI is InChI=1S/C15H30/c1-13(2)12-15(4)10-6-5-8-14(3)9-7-11-15/h13-14H,5-12H2,1-4H3. The summed E-state index contributed by atoms with van der Waals surface area (Å²) in [5.74, 6) is 1.85. The fourth-order valence-corrected chi connectivity index (χ4v) is 3.38. The van der Waals surface area contributed by atoms with Crippen LogP contribution >= 0.6 is 0 Å². The van der Waals surface area contributed by atoms with E-state index in [0.29, 0.717) is 5.41 Å². The third-order valence-corrected chi connectivity index (χ3v) is 4.11. The third-order valence-electron chi connectivity index (χ3n) is 4.11. The molecular formula is C15H30. The molecule has 15 heavy (non-hydrogen) atoms. The fourth-order valence-electron chi connectivity index (χ4n) is 3.38. The lowest BCUT2D eigenvalue weighted by molar-refractivity contribution is 0.207. The molecule has 0 aromatic heterocycles. The van der Waals surface area contributed by atoms with E-state index in [0.717, 1.165) is 11.8 Å². The second-order valence-corrected chi connectivity index (χ2v) is 6.65. The second-order valence-electron chi connectivity index (χ2n) is 6.65. The van der Waals surface area contributed by atoms with Crippen LogP contribution in [0, 0.1) is 17.3 Å². The zero-order valence-corrected chi connectivity index (χ0v) is 11.3. The quantitative estimate of drug-likeness (QED) is 0.571. The number of rotatable bonds is 2. The molecular weight excluding hydrogens is 180 g/mol. The van der Waals surface area contributed by atoms with Crippen molar-refractivity contribution in [2.75, 3.05) is 0 Å². The Kier molecular flexibility index (Phi) is 5.15. The molecule has 0 saturated heterocycles. The Morgan fingerprint density at radius 2 is 1.67 bits per heavy atom. The van der Waals surface area contributed by atoms with E-state index in [1.54, 1.807) is 0 Å². The van der Waals surface area contributed by atoms with Crippen molar-refractivity contribution < 1.29 is 0 Å². The van der Waals surface area contributed by atoms with Crippen LogP contribution in [-0.2, 0) is 0 Å². The van der Waals surface area contributed by atoms with Gasteiger partial charge < -0.3 is 0 Å². The van der Waals surface area contributed by atoms with Gasteiger partial charge >= 0.3 is 0 Å². The lowest BCUT2D eigenvalue weighted by Crippen LogP contribution is -2.18. The van der Waals surface area contributed by atoms with Crippen LogP contribution in [0.25, 0.3) is 0 Å². The lowest BCUT2D eigenvalue weighted by Gasteiger charge is -2.31. The zero-order valence-electron chi connectivity index (χ0n) is 11.3. The van der Waals surface area contributed by atoms with Gasteiger partial charge in [-0.3, -0.25) is 0 Å². The van der Waals surface area contributed by atoms with Crippen molar-refractivity contribution in [1.29, 1.82) is 0 Å². The highest BCUT2D eigenvalue weighted by Crippen LogP contribution is 2.39. The van der Waals surface area contributed by atoms with Gasteiger partial charge in [0, 0.05) is 0 Å². The third kappa shape index (κ3) is 5.04. The summed E-state index contributed by atoms with van der Waals surface area (Å²) in [4.78, 5) is 0. The van der Waals surface area contributed by atoms with E-state index in [-0.39, 0.29) is 0 Å². The minimum atomic E-state index is 0.651. The van der Waals surface area contributed by atoms with Crippen LogP contribution in [0.1, 0.15) is 79.1 Å². The predicted octanol–water partition coefficient (Wildman–Crippen LogP) is 5.42. The molecule has 0 radical (unpaired) electrons. The molecule has 0 N–H and O–H groups in total.